The number of ether oxygens (including phenoxy) is 2. The second kappa shape index (κ2) is 6.33. The SMILES string of the molecule is COC(=O)c1ccoc1COC(=O)Cc1csc(C)n1. The van der Waals surface area contributed by atoms with Gasteiger partial charge in [0.2, 0.25) is 0 Å². The van der Waals surface area contributed by atoms with Gasteiger partial charge < -0.3 is 13.9 Å². The number of esters is 2. The number of hydrogen-bond donors (Lipinski definition) is 0. The summed E-state index contributed by atoms with van der Waals surface area (Å²) >= 11 is 1.47. The molecule has 0 aromatic carbocycles. The fourth-order valence-electron chi connectivity index (χ4n) is 1.58. The molecular formula is C13H13NO5S. The zero-order chi connectivity index (χ0) is 14.5. The van der Waals surface area contributed by atoms with Gasteiger partial charge in [-0.3, -0.25) is 4.79 Å². The Bertz CT molecular complexity index is 616. The lowest BCUT2D eigenvalue weighted by Crippen LogP contribution is -2.10. The van der Waals surface area contributed by atoms with Crippen LogP contribution in [0.2, 0.25) is 0 Å². The lowest BCUT2D eigenvalue weighted by Gasteiger charge is -2.03. The molecule has 0 aliphatic rings. The van der Waals surface area contributed by atoms with Crippen LogP contribution in [0.3, 0.4) is 0 Å². The largest absolute Gasteiger partial charge is 0.465 e. The Hall–Kier alpha value is -2.15. The summed E-state index contributed by atoms with van der Waals surface area (Å²) < 4.78 is 14.8. The minimum atomic E-state index is -0.528. The van der Waals surface area contributed by atoms with Crippen LogP contribution in [0.15, 0.2) is 22.1 Å². The normalized spacial score (nSPS) is 10.3. The number of methoxy groups -OCH3 is 1. The monoisotopic (exact) mass is 295 g/mol. The molecule has 0 aliphatic heterocycles. The van der Waals surface area contributed by atoms with Crippen molar-refractivity contribution in [3.8, 4) is 0 Å². The van der Waals surface area contributed by atoms with Crippen LogP contribution in [0.25, 0.3) is 0 Å². The summed E-state index contributed by atoms with van der Waals surface area (Å²) in [5.41, 5.74) is 0.926. The summed E-state index contributed by atoms with van der Waals surface area (Å²) in [5, 5.41) is 2.70. The van der Waals surface area contributed by atoms with E-state index in [0.717, 1.165) is 5.01 Å². The number of hydrogen-bond acceptors (Lipinski definition) is 7. The van der Waals surface area contributed by atoms with Gasteiger partial charge in [0.15, 0.2) is 5.76 Å². The summed E-state index contributed by atoms with van der Waals surface area (Å²) in [7, 11) is 1.27. The third-order valence-corrected chi connectivity index (χ3v) is 3.33. The highest BCUT2D eigenvalue weighted by atomic mass is 32.1. The number of nitrogens with zero attached hydrogens (tertiary/aromatic N) is 1. The fraction of sp³-hybridized carbons (Fsp3) is 0.308. The molecule has 0 saturated heterocycles. The summed E-state index contributed by atoms with van der Waals surface area (Å²) in [6.07, 6.45) is 1.44. The molecule has 20 heavy (non-hydrogen) atoms. The lowest BCUT2D eigenvalue weighted by molar-refractivity contribution is -0.144. The molecule has 0 fully saturated rings. The van der Waals surface area contributed by atoms with Crippen LogP contribution in [0.5, 0.6) is 0 Å². The van der Waals surface area contributed by atoms with E-state index >= 15 is 0 Å². The van der Waals surface area contributed by atoms with E-state index in [1.807, 2.05) is 12.3 Å². The van der Waals surface area contributed by atoms with E-state index in [-0.39, 0.29) is 24.4 Å². The van der Waals surface area contributed by atoms with Gasteiger partial charge in [-0.1, -0.05) is 0 Å². The Balaban J connectivity index is 1.90. The van der Waals surface area contributed by atoms with Gasteiger partial charge in [0, 0.05) is 5.38 Å². The maximum atomic E-state index is 11.7. The van der Waals surface area contributed by atoms with Crippen molar-refractivity contribution in [2.45, 2.75) is 20.0 Å². The molecule has 2 heterocycles. The topological polar surface area (TPSA) is 78.6 Å². The van der Waals surface area contributed by atoms with Crippen molar-refractivity contribution in [2.24, 2.45) is 0 Å². The second-order valence-electron chi connectivity index (χ2n) is 3.94. The van der Waals surface area contributed by atoms with Gasteiger partial charge in [-0.2, -0.15) is 0 Å². The molecule has 2 aromatic rings. The fourth-order valence-corrected chi connectivity index (χ4v) is 2.19. The molecular weight excluding hydrogens is 282 g/mol. The molecule has 0 N–H and O–H groups in total. The third kappa shape index (κ3) is 3.45. The molecule has 0 saturated carbocycles. The average molecular weight is 295 g/mol. The average Bonchev–Trinajstić information content (AvgIpc) is 3.04. The van der Waals surface area contributed by atoms with Crippen molar-refractivity contribution in [1.29, 1.82) is 0 Å². The van der Waals surface area contributed by atoms with E-state index in [1.54, 1.807) is 0 Å². The van der Waals surface area contributed by atoms with E-state index in [0.29, 0.717) is 5.69 Å². The molecule has 0 atom stereocenters. The standard InChI is InChI=1S/C13H13NO5S/c1-8-14-9(7-20-8)5-12(15)19-6-11-10(3-4-18-11)13(16)17-2/h3-4,7H,5-6H2,1-2H3. The maximum Gasteiger partial charge on any atom is 0.341 e. The molecule has 0 spiro atoms. The van der Waals surface area contributed by atoms with Crippen LogP contribution in [0.1, 0.15) is 26.8 Å². The number of rotatable bonds is 5. The van der Waals surface area contributed by atoms with Crippen LogP contribution in [-0.2, 0) is 27.3 Å². The number of aryl methyl sites for hydroxylation is 1. The van der Waals surface area contributed by atoms with Crippen molar-refractivity contribution >= 4 is 23.3 Å². The summed E-state index contributed by atoms with van der Waals surface area (Å²) in [4.78, 5) is 27.2. The Kier molecular flexibility index (Phi) is 4.52. The van der Waals surface area contributed by atoms with Gasteiger partial charge in [-0.05, 0) is 13.0 Å². The number of thiazole rings is 1. The molecule has 0 aliphatic carbocycles. The first-order chi connectivity index (χ1) is 9.60. The highest BCUT2D eigenvalue weighted by molar-refractivity contribution is 7.09. The summed E-state index contributed by atoms with van der Waals surface area (Å²) in [6.45, 7) is 1.75. The van der Waals surface area contributed by atoms with Crippen LogP contribution < -0.4 is 0 Å². The minimum absolute atomic E-state index is 0.0958. The van der Waals surface area contributed by atoms with Crippen molar-refractivity contribution in [3.05, 3.63) is 39.7 Å². The molecule has 106 valence electrons. The Morgan fingerprint density at radius 3 is 2.90 bits per heavy atom. The first-order valence-electron chi connectivity index (χ1n) is 5.81. The molecule has 0 unspecified atom stereocenters. The van der Waals surface area contributed by atoms with E-state index in [2.05, 4.69) is 9.72 Å². The van der Waals surface area contributed by atoms with Crippen LogP contribution >= 0.6 is 11.3 Å². The van der Waals surface area contributed by atoms with Gasteiger partial charge in [-0.25, -0.2) is 9.78 Å². The molecule has 0 radical (unpaired) electrons. The zero-order valence-corrected chi connectivity index (χ0v) is 11.9. The lowest BCUT2D eigenvalue weighted by atomic mass is 10.2. The van der Waals surface area contributed by atoms with Gasteiger partial charge >= 0.3 is 11.9 Å². The smallest absolute Gasteiger partial charge is 0.341 e. The van der Waals surface area contributed by atoms with Gasteiger partial charge in [-0.15, -0.1) is 11.3 Å². The number of carbonyl (C=O) groups excluding carboxylic acids is 2. The number of furan rings is 1. The van der Waals surface area contributed by atoms with Crippen LogP contribution in [0.4, 0.5) is 0 Å². The molecule has 6 nitrogen and oxygen atoms in total. The maximum absolute atomic E-state index is 11.7. The van der Waals surface area contributed by atoms with E-state index in [9.17, 15) is 9.59 Å². The van der Waals surface area contributed by atoms with E-state index in [4.69, 9.17) is 9.15 Å². The van der Waals surface area contributed by atoms with Gasteiger partial charge in [0.05, 0.1) is 30.5 Å². The predicted octanol–water partition coefficient (Wildman–Crippen LogP) is 2.12. The first kappa shape index (κ1) is 14.3. The Morgan fingerprint density at radius 2 is 2.25 bits per heavy atom. The highest BCUT2D eigenvalue weighted by Crippen LogP contribution is 2.14. The zero-order valence-electron chi connectivity index (χ0n) is 11.0. The first-order valence-corrected chi connectivity index (χ1v) is 6.69. The molecule has 2 rings (SSSR count). The van der Waals surface area contributed by atoms with E-state index in [1.165, 1.54) is 30.8 Å². The van der Waals surface area contributed by atoms with Crippen molar-refractivity contribution in [3.63, 3.8) is 0 Å². The second-order valence-corrected chi connectivity index (χ2v) is 5.01. The predicted molar refractivity (Wildman–Crippen MR) is 70.4 cm³/mol. The van der Waals surface area contributed by atoms with Crippen molar-refractivity contribution < 1.29 is 23.5 Å². The van der Waals surface area contributed by atoms with Crippen LogP contribution in [0, 0.1) is 6.92 Å². The highest BCUT2D eigenvalue weighted by Gasteiger charge is 2.17. The summed E-state index contributed by atoms with van der Waals surface area (Å²) in [6, 6.07) is 1.47. The van der Waals surface area contributed by atoms with E-state index < -0.39 is 11.9 Å². The minimum Gasteiger partial charge on any atom is -0.465 e. The van der Waals surface area contributed by atoms with Crippen molar-refractivity contribution in [1.82, 2.24) is 4.98 Å². The summed E-state index contributed by atoms with van der Waals surface area (Å²) in [5.74, 6) is -0.693. The number of aromatic nitrogens is 1. The Morgan fingerprint density at radius 1 is 1.45 bits per heavy atom. The van der Waals surface area contributed by atoms with Gasteiger partial charge in [0.25, 0.3) is 0 Å². The Labute approximate surface area is 119 Å². The molecule has 2 aromatic heterocycles. The molecule has 7 heteroatoms. The quantitative estimate of drug-likeness (QED) is 0.786. The van der Waals surface area contributed by atoms with Gasteiger partial charge in [0.1, 0.15) is 12.2 Å². The molecule has 0 bridgehead atoms. The third-order valence-electron chi connectivity index (χ3n) is 2.51. The van der Waals surface area contributed by atoms with Crippen molar-refractivity contribution in [2.75, 3.05) is 7.11 Å². The number of carbonyl (C=O) groups is 2. The van der Waals surface area contributed by atoms with Crippen LogP contribution in [-0.4, -0.2) is 24.0 Å². The molecule has 0 amide bonds.